The lowest BCUT2D eigenvalue weighted by atomic mass is 10.2. The van der Waals surface area contributed by atoms with Crippen LogP contribution in [0.25, 0.3) is 6.08 Å². The molecule has 0 spiro atoms. The van der Waals surface area contributed by atoms with Crippen LogP contribution in [0.4, 0.5) is 5.69 Å². The van der Waals surface area contributed by atoms with Gasteiger partial charge >= 0.3 is 0 Å². The molecular formula is C16H13N3O2S. The molecule has 1 aliphatic heterocycles. The molecule has 5 nitrogen and oxygen atoms in total. The van der Waals surface area contributed by atoms with Gasteiger partial charge < -0.3 is 10.4 Å². The summed E-state index contributed by atoms with van der Waals surface area (Å²) in [7, 11) is 0. The van der Waals surface area contributed by atoms with E-state index in [9.17, 15) is 9.90 Å². The number of carbonyl (C=O) groups is 1. The number of aryl methyl sites for hydroxylation is 1. The fourth-order valence-corrected chi connectivity index (χ4v) is 2.81. The van der Waals surface area contributed by atoms with E-state index in [0.29, 0.717) is 15.8 Å². The number of nitrogens with one attached hydrogen (secondary N) is 1. The third-order valence-electron chi connectivity index (χ3n) is 3.06. The zero-order valence-electron chi connectivity index (χ0n) is 11.8. The number of aromatic hydroxyl groups is 1. The quantitative estimate of drug-likeness (QED) is 0.836. The first-order valence-corrected chi connectivity index (χ1v) is 7.43. The van der Waals surface area contributed by atoms with Gasteiger partial charge in [-0.1, -0.05) is 18.2 Å². The van der Waals surface area contributed by atoms with Gasteiger partial charge in [-0.05, 0) is 48.0 Å². The Bertz CT molecular complexity index is 765. The van der Waals surface area contributed by atoms with Crippen molar-refractivity contribution in [2.75, 3.05) is 0 Å². The second kappa shape index (κ2) is 6.03. The highest BCUT2D eigenvalue weighted by Gasteiger charge is 2.24. The van der Waals surface area contributed by atoms with Crippen molar-refractivity contribution in [3.63, 3.8) is 0 Å². The molecular weight excluding hydrogens is 298 g/mol. The van der Waals surface area contributed by atoms with Gasteiger partial charge in [-0.15, -0.1) is 0 Å². The average Bonchev–Trinajstić information content (AvgIpc) is 2.84. The van der Waals surface area contributed by atoms with Crippen molar-refractivity contribution in [1.82, 2.24) is 10.3 Å². The van der Waals surface area contributed by atoms with Gasteiger partial charge in [-0.2, -0.15) is 0 Å². The fourth-order valence-electron chi connectivity index (χ4n) is 1.98. The maximum atomic E-state index is 12.0. The number of carbonyl (C=O) groups excluding carboxylic acids is 1. The summed E-state index contributed by atoms with van der Waals surface area (Å²) in [4.78, 5) is 20.9. The van der Waals surface area contributed by atoms with E-state index in [1.54, 1.807) is 30.6 Å². The molecule has 6 heteroatoms. The van der Waals surface area contributed by atoms with E-state index in [1.807, 2.05) is 25.1 Å². The van der Waals surface area contributed by atoms with Crippen LogP contribution >= 0.6 is 11.8 Å². The minimum absolute atomic E-state index is 0.0898. The van der Waals surface area contributed by atoms with Gasteiger partial charge in [0.05, 0.1) is 4.91 Å². The molecule has 0 bridgehead atoms. The number of amidine groups is 1. The number of phenols is 1. The van der Waals surface area contributed by atoms with Crippen LogP contribution in [0.3, 0.4) is 0 Å². The molecule has 1 saturated heterocycles. The number of hydrogen-bond acceptors (Lipinski definition) is 5. The number of para-hydroxylation sites is 1. The minimum Gasteiger partial charge on any atom is -0.506 e. The minimum atomic E-state index is -0.208. The van der Waals surface area contributed by atoms with Crippen LogP contribution in [-0.2, 0) is 4.79 Å². The lowest BCUT2D eigenvalue weighted by molar-refractivity contribution is -0.115. The molecule has 110 valence electrons. The highest BCUT2D eigenvalue weighted by atomic mass is 32.2. The molecule has 0 unspecified atom stereocenters. The van der Waals surface area contributed by atoms with Gasteiger partial charge in [0.1, 0.15) is 11.4 Å². The van der Waals surface area contributed by atoms with E-state index in [4.69, 9.17) is 0 Å². The maximum absolute atomic E-state index is 12.0. The van der Waals surface area contributed by atoms with E-state index in [1.165, 1.54) is 11.8 Å². The van der Waals surface area contributed by atoms with Gasteiger partial charge in [-0.3, -0.25) is 9.78 Å². The Morgan fingerprint density at radius 1 is 1.32 bits per heavy atom. The second-order valence-electron chi connectivity index (χ2n) is 4.71. The largest absolute Gasteiger partial charge is 0.506 e. The molecule has 1 aromatic heterocycles. The van der Waals surface area contributed by atoms with E-state index in [-0.39, 0.29) is 11.7 Å². The summed E-state index contributed by atoms with van der Waals surface area (Å²) in [6.07, 6.45) is 5.12. The summed E-state index contributed by atoms with van der Waals surface area (Å²) in [5, 5.41) is 13.0. The maximum Gasteiger partial charge on any atom is 0.264 e. The fraction of sp³-hybridized carbons (Fsp3) is 0.0625. The Balaban J connectivity index is 1.89. The van der Waals surface area contributed by atoms with Crippen LogP contribution in [0.2, 0.25) is 0 Å². The summed E-state index contributed by atoms with van der Waals surface area (Å²) < 4.78 is 0. The first-order valence-electron chi connectivity index (χ1n) is 6.61. The molecule has 1 fully saturated rings. The van der Waals surface area contributed by atoms with E-state index in [2.05, 4.69) is 15.3 Å². The number of rotatable bonds is 2. The Kier molecular flexibility index (Phi) is 3.93. The molecule has 1 aromatic carbocycles. The van der Waals surface area contributed by atoms with Crippen LogP contribution in [-0.4, -0.2) is 21.2 Å². The molecule has 1 aliphatic rings. The van der Waals surface area contributed by atoms with Crippen LogP contribution in [0.1, 0.15) is 11.1 Å². The van der Waals surface area contributed by atoms with Crippen molar-refractivity contribution in [3.8, 4) is 5.75 Å². The molecule has 3 rings (SSSR count). The van der Waals surface area contributed by atoms with E-state index in [0.717, 1.165) is 11.1 Å². The molecule has 2 heterocycles. The number of amides is 1. The zero-order valence-corrected chi connectivity index (χ0v) is 12.6. The lowest BCUT2D eigenvalue weighted by Gasteiger charge is -2.03. The van der Waals surface area contributed by atoms with Crippen LogP contribution in [0.5, 0.6) is 5.75 Å². The van der Waals surface area contributed by atoms with Crippen molar-refractivity contribution in [2.45, 2.75) is 6.92 Å². The number of aromatic nitrogens is 1. The van der Waals surface area contributed by atoms with Crippen LogP contribution < -0.4 is 5.32 Å². The summed E-state index contributed by atoms with van der Waals surface area (Å²) in [5.74, 6) is -0.118. The summed E-state index contributed by atoms with van der Waals surface area (Å²) in [5.41, 5.74) is 2.15. The van der Waals surface area contributed by atoms with Gasteiger partial charge in [0, 0.05) is 12.4 Å². The molecule has 0 aliphatic carbocycles. The van der Waals surface area contributed by atoms with Crippen LogP contribution in [0.15, 0.2) is 52.6 Å². The Hall–Kier alpha value is -2.60. The van der Waals surface area contributed by atoms with Crippen molar-refractivity contribution in [3.05, 3.63) is 58.8 Å². The third kappa shape index (κ3) is 3.01. The van der Waals surface area contributed by atoms with E-state index < -0.39 is 0 Å². The smallest absolute Gasteiger partial charge is 0.264 e. The molecule has 2 N–H and O–H groups in total. The summed E-state index contributed by atoms with van der Waals surface area (Å²) in [6.45, 7) is 1.85. The Morgan fingerprint density at radius 2 is 2.18 bits per heavy atom. The lowest BCUT2D eigenvalue weighted by Crippen LogP contribution is -2.19. The SMILES string of the molecule is Cc1cccc(O)c1N=C1NC(=O)/C(=C/c2cccnc2)S1. The second-order valence-corrected chi connectivity index (χ2v) is 5.74. The van der Waals surface area contributed by atoms with Gasteiger partial charge in [0.15, 0.2) is 5.17 Å². The topological polar surface area (TPSA) is 74.6 Å². The number of aliphatic imine (C=N–C) groups is 1. The average molecular weight is 311 g/mol. The Labute approximate surface area is 131 Å². The predicted molar refractivity (Wildman–Crippen MR) is 87.9 cm³/mol. The van der Waals surface area contributed by atoms with Gasteiger partial charge in [0.25, 0.3) is 5.91 Å². The zero-order chi connectivity index (χ0) is 15.5. The number of phenolic OH excluding ortho intramolecular Hbond substituents is 1. The van der Waals surface area contributed by atoms with E-state index >= 15 is 0 Å². The Morgan fingerprint density at radius 3 is 2.91 bits per heavy atom. The van der Waals surface area contributed by atoms with Gasteiger partial charge in [-0.25, -0.2) is 4.99 Å². The molecule has 2 aromatic rings. The number of thioether (sulfide) groups is 1. The highest BCUT2D eigenvalue weighted by molar-refractivity contribution is 8.18. The summed E-state index contributed by atoms with van der Waals surface area (Å²) in [6, 6.07) is 8.86. The third-order valence-corrected chi connectivity index (χ3v) is 3.97. The van der Waals surface area contributed by atoms with Crippen molar-refractivity contribution >= 4 is 34.6 Å². The standard InChI is InChI=1S/C16H13N3O2S/c1-10-4-2-6-12(20)14(10)18-16-19-15(21)13(22-16)8-11-5-3-7-17-9-11/h2-9,20H,1H3,(H,18,19,21)/b13-8-. The van der Waals surface area contributed by atoms with Gasteiger partial charge in [0.2, 0.25) is 0 Å². The molecule has 1 amide bonds. The molecule has 22 heavy (non-hydrogen) atoms. The van der Waals surface area contributed by atoms with Crippen LogP contribution in [0, 0.1) is 6.92 Å². The number of benzene rings is 1. The molecule has 0 saturated carbocycles. The first-order chi connectivity index (χ1) is 10.6. The number of hydrogen-bond donors (Lipinski definition) is 2. The predicted octanol–water partition coefficient (Wildman–Crippen LogP) is 2.99. The van der Waals surface area contributed by atoms with Crippen molar-refractivity contribution < 1.29 is 9.90 Å². The van der Waals surface area contributed by atoms with Crippen molar-refractivity contribution in [1.29, 1.82) is 0 Å². The highest BCUT2D eigenvalue weighted by Crippen LogP contribution is 2.33. The normalized spacial score (nSPS) is 18.0. The molecule has 0 radical (unpaired) electrons. The molecule has 0 atom stereocenters. The monoisotopic (exact) mass is 311 g/mol. The van der Waals surface area contributed by atoms with Crippen molar-refractivity contribution in [2.24, 2.45) is 4.99 Å². The first kappa shape index (κ1) is 14.3. The number of pyridine rings is 1. The summed E-state index contributed by atoms with van der Waals surface area (Å²) >= 11 is 1.24. The number of nitrogens with zero attached hydrogens (tertiary/aromatic N) is 2.